The van der Waals surface area contributed by atoms with Crippen LogP contribution in [-0.2, 0) is 4.74 Å². The van der Waals surface area contributed by atoms with E-state index in [9.17, 15) is 19.1 Å². The van der Waals surface area contributed by atoms with Gasteiger partial charge in [-0.1, -0.05) is 12.1 Å². The zero-order valence-electron chi connectivity index (χ0n) is 21.3. The van der Waals surface area contributed by atoms with E-state index in [2.05, 4.69) is 15.2 Å². The number of pyridine rings is 1. The molecular formula is C30H28F2N4O2. The SMILES string of the molecule is COCCNCC1CN(c2c(-c3cc(C)cc(F)c3)cnc3ccc(-c4cc(F)cc(C#N)c4O)cc23)C1. The predicted molar refractivity (Wildman–Crippen MR) is 144 cm³/mol. The molecule has 0 saturated carbocycles. The molecule has 6 nitrogen and oxygen atoms in total. The third-order valence-corrected chi connectivity index (χ3v) is 6.89. The van der Waals surface area contributed by atoms with Crippen LogP contribution in [0.5, 0.6) is 5.75 Å². The Balaban J connectivity index is 1.61. The summed E-state index contributed by atoms with van der Waals surface area (Å²) in [7, 11) is 1.68. The summed E-state index contributed by atoms with van der Waals surface area (Å²) in [5.41, 5.74) is 4.60. The Hall–Kier alpha value is -4.06. The van der Waals surface area contributed by atoms with E-state index in [-0.39, 0.29) is 22.7 Å². The highest BCUT2D eigenvalue weighted by atomic mass is 19.1. The maximum absolute atomic E-state index is 14.4. The summed E-state index contributed by atoms with van der Waals surface area (Å²) in [6.45, 7) is 5.74. The van der Waals surface area contributed by atoms with Crippen molar-refractivity contribution in [3.63, 3.8) is 0 Å². The lowest BCUT2D eigenvalue weighted by molar-refractivity contribution is 0.196. The van der Waals surface area contributed by atoms with E-state index in [4.69, 9.17) is 4.74 Å². The van der Waals surface area contributed by atoms with Crippen molar-refractivity contribution in [2.45, 2.75) is 6.92 Å². The Labute approximate surface area is 220 Å². The minimum Gasteiger partial charge on any atom is -0.506 e. The first-order valence-electron chi connectivity index (χ1n) is 12.5. The molecule has 38 heavy (non-hydrogen) atoms. The highest BCUT2D eigenvalue weighted by Gasteiger charge is 2.30. The van der Waals surface area contributed by atoms with E-state index in [1.165, 1.54) is 18.2 Å². The second-order valence-corrected chi connectivity index (χ2v) is 9.70. The van der Waals surface area contributed by atoms with Crippen LogP contribution in [-0.4, -0.2) is 50.0 Å². The number of aromatic hydroxyl groups is 1. The van der Waals surface area contributed by atoms with Crippen molar-refractivity contribution in [3.05, 3.63) is 77.5 Å². The number of ether oxygens (including phenoxy) is 1. The van der Waals surface area contributed by atoms with Crippen LogP contribution in [0.15, 0.2) is 54.7 Å². The molecule has 0 spiro atoms. The highest BCUT2D eigenvalue weighted by Crippen LogP contribution is 2.42. The van der Waals surface area contributed by atoms with E-state index in [0.717, 1.165) is 65.5 Å². The second kappa shape index (κ2) is 10.7. The molecule has 0 amide bonds. The zero-order valence-corrected chi connectivity index (χ0v) is 21.3. The fourth-order valence-corrected chi connectivity index (χ4v) is 5.06. The van der Waals surface area contributed by atoms with Crippen LogP contribution in [0.2, 0.25) is 0 Å². The molecule has 4 aromatic rings. The molecule has 194 valence electrons. The van der Waals surface area contributed by atoms with Crippen LogP contribution in [0.1, 0.15) is 11.1 Å². The van der Waals surface area contributed by atoms with Gasteiger partial charge in [0.15, 0.2) is 0 Å². The summed E-state index contributed by atoms with van der Waals surface area (Å²) >= 11 is 0. The van der Waals surface area contributed by atoms with Gasteiger partial charge in [0.25, 0.3) is 0 Å². The summed E-state index contributed by atoms with van der Waals surface area (Å²) in [5, 5.41) is 24.2. The number of aromatic nitrogens is 1. The quantitative estimate of drug-likeness (QED) is 0.306. The Morgan fingerprint density at radius 3 is 2.61 bits per heavy atom. The summed E-state index contributed by atoms with van der Waals surface area (Å²) < 4.78 is 33.8. The molecule has 0 unspecified atom stereocenters. The summed E-state index contributed by atoms with van der Waals surface area (Å²) in [5.74, 6) is -0.766. The Morgan fingerprint density at radius 2 is 1.87 bits per heavy atom. The normalized spacial score (nSPS) is 13.5. The van der Waals surface area contributed by atoms with Crippen LogP contribution in [0.3, 0.4) is 0 Å². The molecule has 1 fully saturated rings. The van der Waals surface area contributed by atoms with Gasteiger partial charge in [0.05, 0.1) is 23.4 Å². The lowest BCUT2D eigenvalue weighted by atomic mass is 9.92. The molecule has 0 atom stereocenters. The number of hydrogen-bond donors (Lipinski definition) is 2. The zero-order chi connectivity index (χ0) is 26.8. The molecule has 0 bridgehead atoms. The van der Waals surface area contributed by atoms with Crippen LogP contribution < -0.4 is 10.2 Å². The Kier molecular flexibility index (Phi) is 7.23. The van der Waals surface area contributed by atoms with E-state index in [0.29, 0.717) is 18.1 Å². The van der Waals surface area contributed by atoms with Crippen molar-refractivity contribution in [2.24, 2.45) is 5.92 Å². The van der Waals surface area contributed by atoms with Crippen LogP contribution in [0, 0.1) is 35.8 Å². The molecule has 3 aromatic carbocycles. The van der Waals surface area contributed by atoms with Gasteiger partial charge in [0.1, 0.15) is 23.5 Å². The number of phenolic OH excluding ortho intramolecular Hbond substituents is 1. The molecule has 8 heteroatoms. The standard InChI is InChI=1S/C30H28F2N4O2/c1-18-7-21(9-23(31)8-18)27-15-35-28-4-3-20(25-12-24(32)10-22(13-33)30(25)37)11-26(28)29(27)36-16-19(17-36)14-34-5-6-38-2/h3-4,7-12,15,19,34,37H,5-6,14,16-17H2,1-2H3. The van der Waals surface area contributed by atoms with Gasteiger partial charge in [-0.3, -0.25) is 4.98 Å². The molecule has 0 radical (unpaired) electrons. The van der Waals surface area contributed by atoms with Crippen LogP contribution >= 0.6 is 0 Å². The molecule has 2 heterocycles. The monoisotopic (exact) mass is 514 g/mol. The van der Waals surface area contributed by atoms with E-state index >= 15 is 0 Å². The van der Waals surface area contributed by atoms with Gasteiger partial charge in [-0.05, 0) is 60.0 Å². The average molecular weight is 515 g/mol. The number of nitrogens with one attached hydrogen (secondary N) is 1. The number of nitriles is 1. The van der Waals surface area contributed by atoms with Gasteiger partial charge in [-0.25, -0.2) is 8.78 Å². The Bertz CT molecular complexity index is 1520. The van der Waals surface area contributed by atoms with Crippen molar-refractivity contribution >= 4 is 16.6 Å². The minimum absolute atomic E-state index is 0.131. The molecular weight excluding hydrogens is 486 g/mol. The van der Waals surface area contributed by atoms with Crippen molar-refractivity contribution in [3.8, 4) is 34.1 Å². The number of phenols is 1. The lowest BCUT2D eigenvalue weighted by Gasteiger charge is -2.42. The predicted octanol–water partition coefficient (Wildman–Crippen LogP) is 5.40. The number of nitrogens with zero attached hydrogens (tertiary/aromatic N) is 3. The number of benzene rings is 3. The third-order valence-electron chi connectivity index (χ3n) is 6.89. The molecule has 0 aliphatic carbocycles. The van der Waals surface area contributed by atoms with Crippen LogP contribution in [0.25, 0.3) is 33.2 Å². The third kappa shape index (κ3) is 5.03. The average Bonchev–Trinajstić information content (AvgIpc) is 2.87. The molecule has 1 aliphatic heterocycles. The summed E-state index contributed by atoms with van der Waals surface area (Å²) in [6.07, 6.45) is 1.77. The highest BCUT2D eigenvalue weighted by molar-refractivity contribution is 6.02. The Morgan fingerprint density at radius 1 is 1.08 bits per heavy atom. The van der Waals surface area contributed by atoms with Gasteiger partial charge >= 0.3 is 0 Å². The fraction of sp³-hybridized carbons (Fsp3) is 0.267. The first kappa shape index (κ1) is 25.6. The van der Waals surface area contributed by atoms with Crippen LogP contribution in [0.4, 0.5) is 14.5 Å². The van der Waals surface area contributed by atoms with Gasteiger partial charge in [-0.2, -0.15) is 5.26 Å². The van der Waals surface area contributed by atoms with Gasteiger partial charge in [0, 0.05) is 61.9 Å². The number of aryl methyl sites for hydroxylation is 1. The van der Waals surface area contributed by atoms with Crippen molar-refractivity contribution in [1.82, 2.24) is 10.3 Å². The number of anilines is 1. The van der Waals surface area contributed by atoms with E-state index < -0.39 is 5.82 Å². The van der Waals surface area contributed by atoms with Crippen molar-refractivity contribution in [1.29, 1.82) is 5.26 Å². The number of hydrogen-bond acceptors (Lipinski definition) is 6. The number of fused-ring (bicyclic) bond motifs is 1. The second-order valence-electron chi connectivity index (χ2n) is 9.70. The number of methoxy groups -OCH3 is 1. The van der Waals surface area contributed by atoms with Gasteiger partial charge < -0.3 is 20.1 Å². The van der Waals surface area contributed by atoms with E-state index in [1.807, 2.05) is 31.2 Å². The molecule has 1 aromatic heterocycles. The topological polar surface area (TPSA) is 81.4 Å². The van der Waals surface area contributed by atoms with Gasteiger partial charge in [0.2, 0.25) is 0 Å². The molecule has 2 N–H and O–H groups in total. The smallest absolute Gasteiger partial charge is 0.141 e. The van der Waals surface area contributed by atoms with Crippen molar-refractivity contribution in [2.75, 3.05) is 44.8 Å². The molecule has 1 aliphatic rings. The number of halogens is 2. The molecule has 1 saturated heterocycles. The largest absolute Gasteiger partial charge is 0.506 e. The summed E-state index contributed by atoms with van der Waals surface area (Å²) in [4.78, 5) is 6.90. The van der Waals surface area contributed by atoms with Crippen molar-refractivity contribution < 1.29 is 18.6 Å². The van der Waals surface area contributed by atoms with E-state index in [1.54, 1.807) is 19.4 Å². The molecule has 5 rings (SSSR count). The number of rotatable bonds is 8. The maximum Gasteiger partial charge on any atom is 0.141 e. The minimum atomic E-state index is -0.608. The summed E-state index contributed by atoms with van der Waals surface area (Å²) in [6, 6.07) is 14.4. The van der Waals surface area contributed by atoms with Gasteiger partial charge in [-0.15, -0.1) is 0 Å². The lowest BCUT2D eigenvalue weighted by Crippen LogP contribution is -2.51. The first-order valence-corrected chi connectivity index (χ1v) is 12.5. The fourth-order valence-electron chi connectivity index (χ4n) is 5.06. The first-order chi connectivity index (χ1) is 18.4. The maximum atomic E-state index is 14.4.